The first-order valence-corrected chi connectivity index (χ1v) is 7.07. The lowest BCUT2D eigenvalue weighted by atomic mass is 9.78. The van der Waals surface area contributed by atoms with Crippen molar-refractivity contribution in [2.24, 2.45) is 0 Å². The van der Waals surface area contributed by atoms with Crippen LogP contribution >= 0.6 is 0 Å². The Balaban J connectivity index is 2.01. The van der Waals surface area contributed by atoms with Crippen molar-refractivity contribution in [3.05, 3.63) is 36.0 Å². The van der Waals surface area contributed by atoms with Crippen molar-refractivity contribution < 1.29 is 4.79 Å². The molecule has 1 aliphatic heterocycles. The second-order valence-electron chi connectivity index (χ2n) is 5.50. The highest BCUT2D eigenvalue weighted by molar-refractivity contribution is 5.80. The quantitative estimate of drug-likeness (QED) is 0.826. The normalized spacial score (nSPS) is 26.9. The Morgan fingerprint density at radius 3 is 3.11 bits per heavy atom. The summed E-state index contributed by atoms with van der Waals surface area (Å²) < 4.78 is 0. The smallest absolute Gasteiger partial charge is 0.140 e. The van der Waals surface area contributed by atoms with Gasteiger partial charge in [-0.1, -0.05) is 19.4 Å². The summed E-state index contributed by atoms with van der Waals surface area (Å²) in [5.41, 5.74) is 2.07. The number of aromatic amines is 1. The lowest BCUT2D eigenvalue weighted by Gasteiger charge is -2.30. The van der Waals surface area contributed by atoms with Crippen LogP contribution in [0, 0.1) is 0 Å². The van der Waals surface area contributed by atoms with E-state index in [4.69, 9.17) is 0 Å². The number of benzene rings is 1. The molecule has 1 aromatic carbocycles. The Kier molecular flexibility index (Phi) is 3.15. The average Bonchev–Trinajstić information content (AvgIpc) is 3.04. The summed E-state index contributed by atoms with van der Waals surface area (Å²) in [4.78, 5) is 14.9. The summed E-state index contributed by atoms with van der Waals surface area (Å²) in [6.07, 6.45) is 6.06. The van der Waals surface area contributed by atoms with Gasteiger partial charge >= 0.3 is 0 Å². The molecule has 1 saturated heterocycles. The predicted molar refractivity (Wildman–Crippen MR) is 77.4 cm³/mol. The van der Waals surface area contributed by atoms with Gasteiger partial charge in [-0.05, 0) is 48.5 Å². The van der Waals surface area contributed by atoms with E-state index in [0.29, 0.717) is 5.92 Å². The molecule has 2 unspecified atom stereocenters. The van der Waals surface area contributed by atoms with Crippen LogP contribution in [-0.4, -0.2) is 23.4 Å². The van der Waals surface area contributed by atoms with Gasteiger partial charge in [0.05, 0.1) is 5.54 Å². The number of hydrogen-bond acceptors (Lipinski definition) is 2. The standard InChI is InChI=1S/C16H20N2O/c1-2-7-16(11-19)14(6-9-18-16)12-3-4-15-13(10-12)5-8-17-15/h3-5,8,10-11,14,17-18H,2,6-7,9H2,1H3. The fourth-order valence-electron chi connectivity index (χ4n) is 3.44. The van der Waals surface area contributed by atoms with E-state index >= 15 is 0 Å². The van der Waals surface area contributed by atoms with Crippen LogP contribution < -0.4 is 5.32 Å². The molecule has 0 aliphatic carbocycles. The molecule has 100 valence electrons. The van der Waals surface area contributed by atoms with Crippen LogP contribution in [0.3, 0.4) is 0 Å². The van der Waals surface area contributed by atoms with Gasteiger partial charge < -0.3 is 15.1 Å². The summed E-state index contributed by atoms with van der Waals surface area (Å²) in [5, 5.41) is 4.66. The minimum atomic E-state index is -0.362. The topological polar surface area (TPSA) is 44.9 Å². The van der Waals surface area contributed by atoms with Crippen LogP contribution in [0.25, 0.3) is 10.9 Å². The monoisotopic (exact) mass is 256 g/mol. The third kappa shape index (κ3) is 1.98. The molecule has 2 N–H and O–H groups in total. The van der Waals surface area contributed by atoms with Crippen LogP contribution in [0.15, 0.2) is 30.5 Å². The minimum absolute atomic E-state index is 0.296. The number of carbonyl (C=O) groups excluding carboxylic acids is 1. The Hall–Kier alpha value is -1.61. The van der Waals surface area contributed by atoms with E-state index in [2.05, 4.69) is 41.5 Å². The van der Waals surface area contributed by atoms with Crippen LogP contribution in [-0.2, 0) is 4.79 Å². The minimum Gasteiger partial charge on any atom is -0.361 e. The first kappa shape index (κ1) is 12.4. The van der Waals surface area contributed by atoms with E-state index in [1.807, 2.05) is 6.20 Å². The number of aldehydes is 1. The first-order valence-electron chi connectivity index (χ1n) is 7.07. The van der Waals surface area contributed by atoms with Gasteiger partial charge in [-0.3, -0.25) is 0 Å². The van der Waals surface area contributed by atoms with Gasteiger partial charge in [-0.2, -0.15) is 0 Å². The Morgan fingerprint density at radius 1 is 1.42 bits per heavy atom. The molecule has 0 spiro atoms. The van der Waals surface area contributed by atoms with E-state index in [9.17, 15) is 4.79 Å². The number of hydrogen-bond donors (Lipinski definition) is 2. The van der Waals surface area contributed by atoms with Gasteiger partial charge in [0, 0.05) is 17.6 Å². The molecule has 3 nitrogen and oxygen atoms in total. The summed E-state index contributed by atoms with van der Waals surface area (Å²) in [6.45, 7) is 3.06. The molecule has 1 fully saturated rings. The number of aromatic nitrogens is 1. The van der Waals surface area contributed by atoms with Crippen LogP contribution in [0.5, 0.6) is 0 Å². The zero-order valence-corrected chi connectivity index (χ0v) is 11.3. The Bertz CT molecular complexity index is 589. The number of carbonyl (C=O) groups is 1. The van der Waals surface area contributed by atoms with Crippen LogP contribution in [0.2, 0.25) is 0 Å². The van der Waals surface area contributed by atoms with Crippen LogP contribution in [0.4, 0.5) is 0 Å². The number of nitrogens with one attached hydrogen (secondary N) is 2. The Morgan fingerprint density at radius 2 is 2.32 bits per heavy atom. The average molecular weight is 256 g/mol. The Labute approximate surface area is 113 Å². The van der Waals surface area contributed by atoms with Crippen molar-refractivity contribution in [2.45, 2.75) is 37.6 Å². The lowest BCUT2D eigenvalue weighted by molar-refractivity contribution is -0.113. The van der Waals surface area contributed by atoms with E-state index in [1.165, 1.54) is 10.9 Å². The van der Waals surface area contributed by atoms with Crippen molar-refractivity contribution in [3.8, 4) is 0 Å². The zero-order chi connectivity index (χ0) is 13.3. The number of H-pyrrole nitrogens is 1. The molecule has 2 aromatic rings. The number of rotatable bonds is 4. The van der Waals surface area contributed by atoms with E-state index in [-0.39, 0.29) is 5.54 Å². The molecule has 19 heavy (non-hydrogen) atoms. The predicted octanol–water partition coefficient (Wildman–Crippen LogP) is 2.98. The molecule has 2 atom stereocenters. The van der Waals surface area contributed by atoms with E-state index < -0.39 is 0 Å². The zero-order valence-electron chi connectivity index (χ0n) is 11.3. The van der Waals surface area contributed by atoms with Gasteiger partial charge in [-0.15, -0.1) is 0 Å². The molecule has 3 heteroatoms. The molecule has 1 aliphatic rings. The third-order valence-corrected chi connectivity index (χ3v) is 4.36. The maximum Gasteiger partial charge on any atom is 0.140 e. The highest BCUT2D eigenvalue weighted by Gasteiger charge is 2.42. The molecule has 0 saturated carbocycles. The summed E-state index contributed by atoms with van der Waals surface area (Å²) in [7, 11) is 0. The summed E-state index contributed by atoms with van der Waals surface area (Å²) >= 11 is 0. The van der Waals surface area contributed by atoms with Gasteiger partial charge in [0.1, 0.15) is 6.29 Å². The fraction of sp³-hybridized carbons (Fsp3) is 0.438. The van der Waals surface area contributed by atoms with Gasteiger partial charge in [-0.25, -0.2) is 0 Å². The first-order chi connectivity index (χ1) is 9.29. The van der Waals surface area contributed by atoms with Gasteiger partial charge in [0.15, 0.2) is 0 Å². The largest absolute Gasteiger partial charge is 0.361 e. The van der Waals surface area contributed by atoms with Crippen molar-refractivity contribution >= 4 is 17.2 Å². The molecular weight excluding hydrogens is 236 g/mol. The number of fused-ring (bicyclic) bond motifs is 1. The molecule has 1 aromatic heterocycles. The van der Waals surface area contributed by atoms with Crippen molar-refractivity contribution in [1.82, 2.24) is 10.3 Å². The maximum atomic E-state index is 11.6. The van der Waals surface area contributed by atoms with E-state index in [0.717, 1.165) is 37.6 Å². The van der Waals surface area contributed by atoms with Crippen molar-refractivity contribution in [2.75, 3.05) is 6.54 Å². The lowest BCUT2D eigenvalue weighted by Crippen LogP contribution is -2.45. The maximum absolute atomic E-state index is 11.6. The summed E-state index contributed by atoms with van der Waals surface area (Å²) in [6, 6.07) is 8.58. The molecule has 0 bridgehead atoms. The second kappa shape index (κ2) is 4.82. The second-order valence-corrected chi connectivity index (χ2v) is 5.50. The van der Waals surface area contributed by atoms with Crippen molar-refractivity contribution in [1.29, 1.82) is 0 Å². The van der Waals surface area contributed by atoms with E-state index in [1.54, 1.807) is 0 Å². The molecule has 2 heterocycles. The summed E-state index contributed by atoms with van der Waals surface area (Å²) in [5.74, 6) is 0.296. The van der Waals surface area contributed by atoms with Gasteiger partial charge in [0.2, 0.25) is 0 Å². The molecule has 0 radical (unpaired) electrons. The highest BCUT2D eigenvalue weighted by atomic mass is 16.1. The third-order valence-electron chi connectivity index (χ3n) is 4.36. The van der Waals surface area contributed by atoms with Gasteiger partial charge in [0.25, 0.3) is 0 Å². The fourth-order valence-corrected chi connectivity index (χ4v) is 3.44. The van der Waals surface area contributed by atoms with Crippen molar-refractivity contribution in [3.63, 3.8) is 0 Å². The van der Waals surface area contributed by atoms with Crippen LogP contribution in [0.1, 0.15) is 37.7 Å². The molecule has 0 amide bonds. The highest BCUT2D eigenvalue weighted by Crippen LogP contribution is 2.38. The molecule has 3 rings (SSSR count). The molecular formula is C16H20N2O. The SMILES string of the molecule is CCCC1(C=O)NCCC1c1ccc2[nH]ccc2c1.